The molecule has 0 unspecified atom stereocenters. The summed E-state index contributed by atoms with van der Waals surface area (Å²) in [6, 6.07) is -0.529. The lowest BCUT2D eigenvalue weighted by Gasteiger charge is -2.41. The van der Waals surface area contributed by atoms with Crippen molar-refractivity contribution in [2.24, 2.45) is 11.8 Å². The van der Waals surface area contributed by atoms with E-state index >= 15 is 0 Å². The van der Waals surface area contributed by atoms with E-state index < -0.39 is 12.1 Å². The molecule has 5 heteroatoms. The van der Waals surface area contributed by atoms with Crippen LogP contribution < -0.4 is 5.32 Å². The molecule has 2 amide bonds. The summed E-state index contributed by atoms with van der Waals surface area (Å²) in [6.07, 6.45) is 1.48. The summed E-state index contributed by atoms with van der Waals surface area (Å²) in [6.45, 7) is 11.0. The lowest BCUT2D eigenvalue weighted by atomic mass is 9.85. The van der Waals surface area contributed by atoms with Crippen molar-refractivity contribution in [1.29, 1.82) is 0 Å². The van der Waals surface area contributed by atoms with Crippen LogP contribution in [-0.4, -0.2) is 42.1 Å². The van der Waals surface area contributed by atoms with Crippen molar-refractivity contribution >= 4 is 12.0 Å². The van der Waals surface area contributed by atoms with Crippen LogP contribution in [0.25, 0.3) is 0 Å². The van der Waals surface area contributed by atoms with Gasteiger partial charge in [-0.3, -0.25) is 4.79 Å². The average molecular weight is 284 g/mol. The number of methoxy groups -OCH3 is 1. The van der Waals surface area contributed by atoms with Crippen LogP contribution in [0.5, 0.6) is 0 Å². The molecule has 0 radical (unpaired) electrons. The van der Waals surface area contributed by atoms with Gasteiger partial charge in [-0.2, -0.15) is 0 Å². The van der Waals surface area contributed by atoms with Crippen LogP contribution in [0.3, 0.4) is 0 Å². The van der Waals surface area contributed by atoms with Crippen LogP contribution in [-0.2, 0) is 9.53 Å². The van der Waals surface area contributed by atoms with Gasteiger partial charge in [0.2, 0.25) is 5.91 Å². The number of nitrogens with one attached hydrogen (secondary N) is 1. The van der Waals surface area contributed by atoms with Crippen molar-refractivity contribution in [2.75, 3.05) is 13.7 Å². The second kappa shape index (κ2) is 6.46. The van der Waals surface area contributed by atoms with Gasteiger partial charge in [-0.15, -0.1) is 0 Å². The van der Waals surface area contributed by atoms with E-state index in [9.17, 15) is 9.59 Å². The van der Waals surface area contributed by atoms with E-state index in [1.807, 2.05) is 18.7 Å². The summed E-state index contributed by atoms with van der Waals surface area (Å²) in [5.74, 6) is 0.414. The molecule has 0 saturated carbocycles. The number of rotatable bonds is 4. The van der Waals surface area contributed by atoms with Crippen LogP contribution in [0, 0.1) is 11.8 Å². The maximum atomic E-state index is 12.8. The lowest BCUT2D eigenvalue weighted by molar-refractivity contribution is -0.139. The minimum Gasteiger partial charge on any atom is -0.453 e. The Bertz CT molecular complexity index is 368. The predicted octanol–water partition coefficient (Wildman–Crippen LogP) is 2.40. The zero-order chi connectivity index (χ0) is 15.5. The van der Waals surface area contributed by atoms with Crippen molar-refractivity contribution in [3.63, 3.8) is 0 Å². The molecule has 1 aliphatic rings. The predicted molar refractivity (Wildman–Crippen MR) is 78.4 cm³/mol. The van der Waals surface area contributed by atoms with E-state index in [1.54, 1.807) is 0 Å². The minimum absolute atomic E-state index is 0.000833. The molecule has 5 nitrogen and oxygen atoms in total. The summed E-state index contributed by atoms with van der Waals surface area (Å²) in [5.41, 5.74) is -0.123. The number of amides is 2. The van der Waals surface area contributed by atoms with Crippen molar-refractivity contribution in [1.82, 2.24) is 10.2 Å². The van der Waals surface area contributed by atoms with Gasteiger partial charge in [-0.05, 0) is 31.6 Å². The van der Waals surface area contributed by atoms with E-state index in [4.69, 9.17) is 0 Å². The largest absolute Gasteiger partial charge is 0.453 e. The Hall–Kier alpha value is -1.26. The number of carbonyl (C=O) groups excluding carboxylic acids is 2. The smallest absolute Gasteiger partial charge is 0.407 e. The third-order valence-corrected chi connectivity index (χ3v) is 4.58. The summed E-state index contributed by atoms with van der Waals surface area (Å²) in [5, 5.41) is 2.67. The van der Waals surface area contributed by atoms with Crippen LogP contribution in [0.2, 0.25) is 0 Å². The van der Waals surface area contributed by atoms with E-state index in [0.717, 1.165) is 19.4 Å². The van der Waals surface area contributed by atoms with Crippen molar-refractivity contribution in [2.45, 2.75) is 59.0 Å². The highest BCUT2D eigenvalue weighted by Crippen LogP contribution is 2.36. The second-order valence-electron chi connectivity index (χ2n) is 6.46. The van der Waals surface area contributed by atoms with Crippen LogP contribution in [0.1, 0.15) is 47.5 Å². The van der Waals surface area contributed by atoms with Gasteiger partial charge < -0.3 is 15.0 Å². The maximum Gasteiger partial charge on any atom is 0.407 e. The van der Waals surface area contributed by atoms with Crippen LogP contribution in [0.4, 0.5) is 4.79 Å². The molecule has 0 spiro atoms. The molecule has 116 valence electrons. The molecule has 1 aliphatic heterocycles. The van der Waals surface area contributed by atoms with E-state index in [2.05, 4.69) is 30.8 Å². The van der Waals surface area contributed by atoms with E-state index in [0.29, 0.717) is 5.92 Å². The highest BCUT2D eigenvalue weighted by Gasteiger charge is 2.44. The first-order valence-electron chi connectivity index (χ1n) is 7.40. The molecule has 1 rings (SSSR count). The molecule has 2 atom stereocenters. The fourth-order valence-electron chi connectivity index (χ4n) is 2.82. The molecule has 1 fully saturated rings. The van der Waals surface area contributed by atoms with E-state index in [-0.39, 0.29) is 17.4 Å². The van der Waals surface area contributed by atoms with Gasteiger partial charge in [0.05, 0.1) is 7.11 Å². The van der Waals surface area contributed by atoms with Gasteiger partial charge in [0, 0.05) is 12.1 Å². The Morgan fingerprint density at radius 2 is 1.85 bits per heavy atom. The molecule has 0 bridgehead atoms. The van der Waals surface area contributed by atoms with Gasteiger partial charge in [0.15, 0.2) is 0 Å². The molecule has 1 heterocycles. The molecule has 0 aliphatic carbocycles. The Kier molecular flexibility index (Phi) is 5.42. The summed E-state index contributed by atoms with van der Waals surface area (Å²) < 4.78 is 4.62. The normalized spacial score (nSPS) is 24.1. The zero-order valence-electron chi connectivity index (χ0n) is 13.5. The van der Waals surface area contributed by atoms with Gasteiger partial charge in [0.1, 0.15) is 6.04 Å². The molecule has 20 heavy (non-hydrogen) atoms. The van der Waals surface area contributed by atoms with Crippen LogP contribution in [0.15, 0.2) is 0 Å². The first kappa shape index (κ1) is 16.8. The Labute approximate surface area is 122 Å². The molecule has 0 aromatic rings. The standard InChI is InChI=1S/C15H28N2O3/c1-10(2)12(16-14(19)20-6)13(18)17-9-7-8-15(17,5)11(3)4/h10-12H,7-9H2,1-6H3,(H,16,19)/t12-,15-/m0/s1. The topological polar surface area (TPSA) is 58.6 Å². The molecular formula is C15H28N2O3. The Morgan fingerprint density at radius 3 is 2.30 bits per heavy atom. The summed E-state index contributed by atoms with van der Waals surface area (Å²) in [7, 11) is 1.31. The SMILES string of the molecule is COC(=O)N[C@H](C(=O)N1CCC[C@@]1(C)C(C)C)C(C)C. The van der Waals surface area contributed by atoms with Gasteiger partial charge in [0.25, 0.3) is 0 Å². The molecule has 1 N–H and O–H groups in total. The number of hydrogen-bond donors (Lipinski definition) is 1. The number of nitrogens with zero attached hydrogens (tertiary/aromatic N) is 1. The lowest BCUT2D eigenvalue weighted by Crippen LogP contribution is -2.57. The maximum absolute atomic E-state index is 12.8. The van der Waals surface area contributed by atoms with Crippen molar-refractivity contribution < 1.29 is 14.3 Å². The zero-order valence-corrected chi connectivity index (χ0v) is 13.5. The molecule has 1 saturated heterocycles. The molecular weight excluding hydrogens is 256 g/mol. The average Bonchev–Trinajstić information content (AvgIpc) is 2.78. The van der Waals surface area contributed by atoms with Crippen molar-refractivity contribution in [3.8, 4) is 0 Å². The Morgan fingerprint density at radius 1 is 1.25 bits per heavy atom. The summed E-state index contributed by atoms with van der Waals surface area (Å²) >= 11 is 0. The number of ether oxygens (including phenoxy) is 1. The monoisotopic (exact) mass is 284 g/mol. The summed E-state index contributed by atoms with van der Waals surface area (Å²) in [4.78, 5) is 26.2. The number of likely N-dealkylation sites (tertiary alicyclic amines) is 1. The van der Waals surface area contributed by atoms with E-state index in [1.165, 1.54) is 7.11 Å². The Balaban J connectivity index is 2.92. The second-order valence-corrected chi connectivity index (χ2v) is 6.46. The van der Waals surface area contributed by atoms with Gasteiger partial charge >= 0.3 is 6.09 Å². The highest BCUT2D eigenvalue weighted by molar-refractivity contribution is 5.86. The van der Waals surface area contributed by atoms with Crippen molar-refractivity contribution in [3.05, 3.63) is 0 Å². The quantitative estimate of drug-likeness (QED) is 0.862. The first-order valence-corrected chi connectivity index (χ1v) is 7.40. The number of carbonyl (C=O) groups is 2. The third kappa shape index (κ3) is 3.25. The third-order valence-electron chi connectivity index (χ3n) is 4.58. The number of alkyl carbamates (subject to hydrolysis) is 1. The molecule has 0 aromatic heterocycles. The fraction of sp³-hybridized carbons (Fsp3) is 0.867. The van der Waals surface area contributed by atoms with Gasteiger partial charge in [-0.1, -0.05) is 27.7 Å². The minimum atomic E-state index is -0.553. The van der Waals surface area contributed by atoms with Crippen LogP contribution >= 0.6 is 0 Å². The first-order chi connectivity index (χ1) is 9.24. The van der Waals surface area contributed by atoms with Gasteiger partial charge in [-0.25, -0.2) is 4.79 Å². The molecule has 0 aromatic carbocycles. The number of hydrogen-bond acceptors (Lipinski definition) is 3. The highest BCUT2D eigenvalue weighted by atomic mass is 16.5. The fourth-order valence-corrected chi connectivity index (χ4v) is 2.82.